The summed E-state index contributed by atoms with van der Waals surface area (Å²) in [7, 11) is 2.47. The van der Waals surface area contributed by atoms with Crippen molar-refractivity contribution in [1.29, 1.82) is 0 Å². The summed E-state index contributed by atoms with van der Waals surface area (Å²) in [6.07, 6.45) is 0. The van der Waals surface area contributed by atoms with E-state index in [0.717, 1.165) is 61.3 Å². The average molecular weight is 872 g/mol. The van der Waals surface area contributed by atoms with Crippen LogP contribution in [0.3, 0.4) is 0 Å². The fraction of sp³-hybridized carbons (Fsp3) is 0.180. The van der Waals surface area contributed by atoms with Gasteiger partial charge in [-0.1, -0.05) is 171 Å². The van der Waals surface area contributed by atoms with E-state index >= 15 is 0 Å². The number of fused-ring (bicyclic) bond motifs is 10. The summed E-state index contributed by atoms with van der Waals surface area (Å²) in [6.45, 7) is 18.5. The molecule has 0 saturated heterocycles. The molecular weight excluding hydrogens is 820 g/mol. The van der Waals surface area contributed by atoms with Gasteiger partial charge in [0.15, 0.2) is 0 Å². The summed E-state index contributed by atoms with van der Waals surface area (Å²) in [4.78, 5) is 2.59. The summed E-state index contributed by atoms with van der Waals surface area (Å²) in [5, 5.41) is 7.45. The molecule has 2 aliphatic rings. The highest BCUT2D eigenvalue weighted by atomic mass is 32.1. The van der Waals surface area contributed by atoms with Gasteiger partial charge in [0.25, 0.3) is 0 Å². The van der Waals surface area contributed by atoms with Gasteiger partial charge in [0.2, 0.25) is 7.28 Å². The molecule has 0 bridgehead atoms. The first kappa shape index (κ1) is 40.7. The van der Waals surface area contributed by atoms with Gasteiger partial charge in [-0.25, -0.2) is 0 Å². The summed E-state index contributed by atoms with van der Waals surface area (Å²) in [6, 6.07) is 60.7. The van der Waals surface area contributed by atoms with Gasteiger partial charge in [0, 0.05) is 60.0 Å². The van der Waals surface area contributed by atoms with Crippen molar-refractivity contribution >= 4 is 89.3 Å². The van der Waals surface area contributed by atoms with Crippen LogP contribution in [0.25, 0.3) is 65.4 Å². The van der Waals surface area contributed by atoms with E-state index < -0.39 is 0 Å². The Hall–Kier alpha value is -6.82. The SMILES string of the molecule is CC(C)(C)c1ccc(Nc2ccc3c(c2-c2c4c(cc5c2oc2ccccc25)N(c2ccc(C(C)(C)C)cc2-c2ccccc2)c2c(sc5ccccc25)[B]4)-c2ccccc2C3(C)C)cc1. The van der Waals surface area contributed by atoms with Gasteiger partial charge in [-0.2, -0.15) is 0 Å². The quantitative estimate of drug-likeness (QED) is 0.175. The van der Waals surface area contributed by atoms with Crippen molar-refractivity contribution in [3.05, 3.63) is 186 Å². The first-order valence-corrected chi connectivity index (χ1v) is 24.1. The van der Waals surface area contributed by atoms with E-state index in [-0.39, 0.29) is 16.2 Å². The van der Waals surface area contributed by atoms with Crippen molar-refractivity contribution in [3.63, 3.8) is 0 Å². The number of nitrogens with one attached hydrogen (secondary N) is 1. The molecule has 321 valence electrons. The lowest BCUT2D eigenvalue weighted by Gasteiger charge is -2.36. The van der Waals surface area contributed by atoms with Crippen LogP contribution >= 0.6 is 11.3 Å². The zero-order valence-electron chi connectivity index (χ0n) is 38.9. The van der Waals surface area contributed by atoms with E-state index in [0.29, 0.717) is 0 Å². The molecule has 12 rings (SSSR count). The van der Waals surface area contributed by atoms with Gasteiger partial charge < -0.3 is 14.6 Å². The number of thiophene rings is 1. The van der Waals surface area contributed by atoms with Crippen molar-refractivity contribution in [2.45, 2.75) is 71.6 Å². The van der Waals surface area contributed by atoms with Gasteiger partial charge in [0.05, 0.1) is 11.4 Å². The van der Waals surface area contributed by atoms with Crippen molar-refractivity contribution in [1.82, 2.24) is 0 Å². The molecule has 0 saturated carbocycles. The van der Waals surface area contributed by atoms with E-state index in [1.807, 2.05) is 11.3 Å². The summed E-state index contributed by atoms with van der Waals surface area (Å²) in [5.74, 6) is 0. The van der Waals surface area contributed by atoms with Gasteiger partial charge in [-0.3, -0.25) is 0 Å². The maximum absolute atomic E-state index is 7.23. The van der Waals surface area contributed by atoms with Crippen LogP contribution in [0.2, 0.25) is 0 Å². The molecule has 3 heterocycles. The molecule has 0 atom stereocenters. The first-order chi connectivity index (χ1) is 31.8. The van der Waals surface area contributed by atoms with E-state index in [9.17, 15) is 0 Å². The molecule has 1 N–H and O–H groups in total. The Morgan fingerprint density at radius 1 is 0.561 bits per heavy atom. The van der Waals surface area contributed by atoms with Crippen LogP contribution in [0.5, 0.6) is 0 Å². The number of para-hydroxylation sites is 1. The molecule has 1 aliphatic carbocycles. The molecule has 0 spiro atoms. The summed E-state index contributed by atoms with van der Waals surface area (Å²) < 4.78 is 9.72. The molecule has 66 heavy (non-hydrogen) atoms. The maximum Gasteiger partial charge on any atom is 0.212 e. The van der Waals surface area contributed by atoms with Crippen LogP contribution in [-0.2, 0) is 16.2 Å². The second-order valence-corrected chi connectivity index (χ2v) is 21.9. The standard InChI is InChI=1S/C61H52BN2OS/c1-59(2,3)37-26-29-39(30-27-37)63-47-32-31-46-52(41-21-12-15-23-45(41)61(46,7)8)53(47)54-55-49(35-44-40-20-13-16-24-50(40)65-57(44)54)64(56-42-22-14-17-25-51(42)66-58(56)62-55)48-33-28-38(60(4,5)6)34-43(48)36-18-10-9-11-19-36/h9-35,63H,1-8H3. The van der Waals surface area contributed by atoms with Gasteiger partial charge >= 0.3 is 0 Å². The highest BCUT2D eigenvalue weighted by molar-refractivity contribution is 7.29. The van der Waals surface area contributed by atoms with E-state index in [4.69, 9.17) is 4.42 Å². The predicted octanol–water partition coefficient (Wildman–Crippen LogP) is 16.2. The van der Waals surface area contributed by atoms with Gasteiger partial charge in [-0.05, 0) is 109 Å². The zero-order chi connectivity index (χ0) is 45.3. The third-order valence-electron chi connectivity index (χ3n) is 14.2. The third-order valence-corrected chi connectivity index (χ3v) is 15.3. The minimum Gasteiger partial charge on any atom is -0.455 e. The van der Waals surface area contributed by atoms with E-state index in [1.165, 1.54) is 65.1 Å². The topological polar surface area (TPSA) is 28.4 Å². The minimum absolute atomic E-state index is 0.0425. The number of furan rings is 1. The minimum atomic E-state index is -0.219. The molecule has 0 fully saturated rings. The van der Waals surface area contributed by atoms with Crippen molar-refractivity contribution in [2.24, 2.45) is 0 Å². The monoisotopic (exact) mass is 871 g/mol. The number of anilines is 5. The fourth-order valence-corrected chi connectivity index (χ4v) is 11.9. The molecule has 0 amide bonds. The predicted molar refractivity (Wildman–Crippen MR) is 284 cm³/mol. The van der Waals surface area contributed by atoms with Gasteiger partial charge in [0.1, 0.15) is 11.2 Å². The maximum atomic E-state index is 7.23. The molecule has 3 nitrogen and oxygen atoms in total. The number of hydrogen-bond acceptors (Lipinski definition) is 4. The molecule has 0 unspecified atom stereocenters. The molecule has 10 aromatic rings. The Bertz CT molecular complexity index is 3580. The lowest BCUT2D eigenvalue weighted by Crippen LogP contribution is -2.39. The van der Waals surface area contributed by atoms with Gasteiger partial charge in [-0.15, -0.1) is 11.3 Å². The van der Waals surface area contributed by atoms with Crippen LogP contribution in [0, 0.1) is 0 Å². The normalized spacial score (nSPS) is 14.0. The molecular formula is C61H52BN2OS. The molecule has 1 radical (unpaired) electrons. The van der Waals surface area contributed by atoms with Crippen LogP contribution in [0.1, 0.15) is 77.6 Å². The second-order valence-electron chi connectivity index (χ2n) is 20.8. The number of rotatable bonds is 5. The number of nitrogens with zero attached hydrogens (tertiary/aromatic N) is 1. The van der Waals surface area contributed by atoms with E-state index in [1.54, 1.807) is 0 Å². The Kier molecular flexibility index (Phi) is 8.99. The second kappa shape index (κ2) is 14.6. The highest BCUT2D eigenvalue weighted by Crippen LogP contribution is 2.57. The molecule has 1 aliphatic heterocycles. The lowest BCUT2D eigenvalue weighted by atomic mass is 9.61. The lowest BCUT2D eigenvalue weighted by molar-refractivity contribution is 0.590. The third kappa shape index (κ3) is 6.23. The van der Waals surface area contributed by atoms with E-state index in [2.05, 4.69) is 237 Å². The molecule has 8 aromatic carbocycles. The Morgan fingerprint density at radius 2 is 1.24 bits per heavy atom. The van der Waals surface area contributed by atoms with Crippen LogP contribution < -0.4 is 20.5 Å². The Labute approximate surface area is 393 Å². The Balaban J connectivity index is 1.23. The smallest absolute Gasteiger partial charge is 0.212 e. The zero-order valence-corrected chi connectivity index (χ0v) is 39.7. The molecule has 2 aromatic heterocycles. The number of benzene rings is 8. The summed E-state index contributed by atoms with van der Waals surface area (Å²) >= 11 is 1.87. The fourth-order valence-electron chi connectivity index (χ4n) is 10.7. The van der Waals surface area contributed by atoms with Crippen LogP contribution in [0.4, 0.5) is 28.4 Å². The van der Waals surface area contributed by atoms with Crippen molar-refractivity contribution in [2.75, 3.05) is 10.2 Å². The van der Waals surface area contributed by atoms with Crippen LogP contribution in [-0.4, -0.2) is 7.28 Å². The average Bonchev–Trinajstić information content (AvgIpc) is 3.94. The first-order valence-electron chi connectivity index (χ1n) is 23.3. The van der Waals surface area contributed by atoms with Crippen molar-refractivity contribution in [3.8, 4) is 33.4 Å². The molecule has 5 heteroatoms. The number of hydrogen-bond donors (Lipinski definition) is 1. The highest BCUT2D eigenvalue weighted by Gasteiger charge is 2.41. The summed E-state index contributed by atoms with van der Waals surface area (Å²) in [5.41, 5.74) is 20.7. The largest absolute Gasteiger partial charge is 0.455 e. The van der Waals surface area contributed by atoms with Crippen molar-refractivity contribution < 1.29 is 4.42 Å². The van der Waals surface area contributed by atoms with Crippen LogP contribution in [0.15, 0.2) is 168 Å². The Morgan fingerprint density at radius 3 is 2.02 bits per heavy atom.